The van der Waals surface area contributed by atoms with Crippen LogP contribution >= 0.6 is 36.3 Å². The summed E-state index contributed by atoms with van der Waals surface area (Å²) in [5.41, 5.74) is 1.42. The molecular formula is C8H9Br2P. The van der Waals surface area contributed by atoms with Crippen LogP contribution in [0.3, 0.4) is 0 Å². The molecule has 60 valence electrons. The van der Waals surface area contributed by atoms with E-state index in [0.717, 1.165) is 6.42 Å². The summed E-state index contributed by atoms with van der Waals surface area (Å²) >= 11 is 7.03. The predicted molar refractivity (Wildman–Crippen MR) is 59.8 cm³/mol. The van der Waals surface area contributed by atoms with Crippen LogP contribution in [0.5, 0.6) is 0 Å². The van der Waals surface area contributed by atoms with Gasteiger partial charge in [0.05, 0.1) is 0 Å². The molecule has 1 aromatic carbocycles. The second-order valence-corrected chi connectivity index (χ2v) is 11.3. The number of aryl methyl sites for hydroxylation is 1. The van der Waals surface area contributed by atoms with Crippen LogP contribution in [0.4, 0.5) is 0 Å². The van der Waals surface area contributed by atoms with E-state index in [-0.39, 0.29) is 5.33 Å². The third-order valence-electron chi connectivity index (χ3n) is 1.41. The van der Waals surface area contributed by atoms with Gasteiger partial charge in [-0.3, -0.25) is 0 Å². The van der Waals surface area contributed by atoms with Gasteiger partial charge in [0.1, 0.15) is 0 Å². The Labute approximate surface area is 84.6 Å². The van der Waals surface area contributed by atoms with Crippen molar-refractivity contribution in [1.82, 2.24) is 0 Å². The van der Waals surface area contributed by atoms with Gasteiger partial charge >= 0.3 is 0 Å². The molecule has 0 fully saturated rings. The number of hydrogen-bond donors (Lipinski definition) is 0. The predicted octanol–water partition coefficient (Wildman–Crippen LogP) is 4.33. The first kappa shape index (κ1) is 9.70. The molecule has 0 saturated carbocycles. The van der Waals surface area contributed by atoms with Gasteiger partial charge in [-0.05, 0) is 49.1 Å². The van der Waals surface area contributed by atoms with E-state index in [2.05, 4.69) is 61.3 Å². The second-order valence-electron chi connectivity index (χ2n) is 2.26. The SMILES string of the molecule is BrP(Br)CCc1ccccc1. The lowest BCUT2D eigenvalue weighted by Gasteiger charge is -2.00. The van der Waals surface area contributed by atoms with Crippen LogP contribution in [-0.4, -0.2) is 6.16 Å². The highest BCUT2D eigenvalue weighted by molar-refractivity contribution is 9.69. The molecule has 0 bridgehead atoms. The van der Waals surface area contributed by atoms with E-state index in [1.165, 1.54) is 11.7 Å². The van der Waals surface area contributed by atoms with E-state index in [1.54, 1.807) is 0 Å². The number of rotatable bonds is 3. The lowest BCUT2D eigenvalue weighted by Crippen LogP contribution is -1.84. The van der Waals surface area contributed by atoms with E-state index >= 15 is 0 Å². The molecule has 0 saturated heterocycles. The van der Waals surface area contributed by atoms with Crippen molar-refractivity contribution < 1.29 is 0 Å². The monoisotopic (exact) mass is 294 g/mol. The third-order valence-corrected chi connectivity index (χ3v) is 4.10. The van der Waals surface area contributed by atoms with Crippen molar-refractivity contribution >= 4 is 36.3 Å². The van der Waals surface area contributed by atoms with Crippen molar-refractivity contribution in [3.05, 3.63) is 35.9 Å². The summed E-state index contributed by atoms with van der Waals surface area (Å²) in [4.78, 5) is 0. The second kappa shape index (κ2) is 5.29. The van der Waals surface area contributed by atoms with Crippen molar-refractivity contribution in [2.45, 2.75) is 6.42 Å². The Morgan fingerprint density at radius 3 is 2.27 bits per heavy atom. The molecule has 0 atom stereocenters. The van der Waals surface area contributed by atoms with Crippen molar-refractivity contribution in [2.75, 3.05) is 6.16 Å². The fourth-order valence-corrected chi connectivity index (χ4v) is 2.35. The topological polar surface area (TPSA) is 0 Å². The molecule has 0 amide bonds. The van der Waals surface area contributed by atoms with E-state index in [9.17, 15) is 0 Å². The van der Waals surface area contributed by atoms with Crippen LogP contribution in [0.1, 0.15) is 5.56 Å². The van der Waals surface area contributed by atoms with Crippen molar-refractivity contribution in [3.8, 4) is 0 Å². The van der Waals surface area contributed by atoms with Crippen LogP contribution < -0.4 is 0 Å². The summed E-state index contributed by atoms with van der Waals surface area (Å²) in [5, 5.41) is -0.0991. The number of hydrogen-bond acceptors (Lipinski definition) is 0. The average Bonchev–Trinajstić information content (AvgIpc) is 2.03. The molecule has 0 unspecified atom stereocenters. The summed E-state index contributed by atoms with van der Waals surface area (Å²) < 4.78 is 0. The molecule has 1 aromatic rings. The minimum absolute atomic E-state index is 0.0991. The van der Waals surface area contributed by atoms with Crippen molar-refractivity contribution in [2.24, 2.45) is 0 Å². The van der Waals surface area contributed by atoms with Gasteiger partial charge in [0, 0.05) is 5.33 Å². The quantitative estimate of drug-likeness (QED) is 0.728. The van der Waals surface area contributed by atoms with Crippen molar-refractivity contribution in [1.29, 1.82) is 0 Å². The normalized spacial score (nSPS) is 10.5. The highest BCUT2D eigenvalue weighted by Crippen LogP contribution is 2.52. The molecule has 0 aliphatic rings. The van der Waals surface area contributed by atoms with Gasteiger partial charge in [0.2, 0.25) is 0 Å². The largest absolute Gasteiger partial charge is 0.0622 e. The summed E-state index contributed by atoms with van der Waals surface area (Å²) in [7, 11) is 0. The van der Waals surface area contributed by atoms with E-state index < -0.39 is 0 Å². The number of benzene rings is 1. The van der Waals surface area contributed by atoms with Gasteiger partial charge in [-0.1, -0.05) is 30.3 Å². The Bertz CT molecular complexity index is 199. The molecular weight excluding hydrogens is 287 g/mol. The maximum atomic E-state index is 3.51. The lowest BCUT2D eigenvalue weighted by atomic mass is 10.2. The van der Waals surface area contributed by atoms with E-state index in [4.69, 9.17) is 0 Å². The van der Waals surface area contributed by atoms with Gasteiger partial charge < -0.3 is 0 Å². The van der Waals surface area contributed by atoms with Gasteiger partial charge in [-0.15, -0.1) is 0 Å². The average molecular weight is 296 g/mol. The fraction of sp³-hybridized carbons (Fsp3) is 0.250. The molecule has 0 N–H and O–H groups in total. The number of halogens is 2. The fourth-order valence-electron chi connectivity index (χ4n) is 0.858. The molecule has 0 aromatic heterocycles. The maximum absolute atomic E-state index is 3.51. The van der Waals surface area contributed by atoms with Crippen LogP contribution in [-0.2, 0) is 6.42 Å². The minimum Gasteiger partial charge on any atom is -0.0622 e. The zero-order valence-electron chi connectivity index (χ0n) is 6.00. The summed E-state index contributed by atoms with van der Waals surface area (Å²) in [5.74, 6) is 0. The zero-order valence-corrected chi connectivity index (χ0v) is 10.1. The smallest absolute Gasteiger partial charge is 0.0349 e. The van der Waals surface area contributed by atoms with E-state index in [1.807, 2.05) is 0 Å². The third kappa shape index (κ3) is 4.25. The molecule has 0 heterocycles. The maximum Gasteiger partial charge on any atom is 0.0349 e. The van der Waals surface area contributed by atoms with Gasteiger partial charge in [0.25, 0.3) is 0 Å². The standard InChI is InChI=1S/C8H9Br2P/c9-11(10)7-6-8-4-2-1-3-5-8/h1-5H,6-7H2. The molecule has 0 nitrogen and oxygen atoms in total. The highest BCUT2D eigenvalue weighted by atomic mass is 79.9. The highest BCUT2D eigenvalue weighted by Gasteiger charge is 1.97. The van der Waals surface area contributed by atoms with E-state index in [0.29, 0.717) is 0 Å². The first-order valence-corrected chi connectivity index (χ1v) is 8.98. The Morgan fingerprint density at radius 1 is 1.09 bits per heavy atom. The van der Waals surface area contributed by atoms with Gasteiger partial charge in [-0.25, -0.2) is 0 Å². The lowest BCUT2D eigenvalue weighted by molar-refractivity contribution is 1.16. The molecule has 1 rings (SSSR count). The Hall–Kier alpha value is 0.610. The molecule has 11 heavy (non-hydrogen) atoms. The minimum atomic E-state index is -0.0991. The van der Waals surface area contributed by atoms with Crippen LogP contribution in [0.15, 0.2) is 30.3 Å². The Morgan fingerprint density at radius 2 is 1.73 bits per heavy atom. The van der Waals surface area contributed by atoms with Crippen LogP contribution in [0.25, 0.3) is 0 Å². The summed E-state index contributed by atoms with van der Waals surface area (Å²) in [6, 6.07) is 10.5. The molecule has 0 aliphatic carbocycles. The first-order chi connectivity index (χ1) is 5.29. The molecule has 0 aliphatic heterocycles. The van der Waals surface area contributed by atoms with Gasteiger partial charge in [-0.2, -0.15) is 0 Å². The van der Waals surface area contributed by atoms with Crippen LogP contribution in [0.2, 0.25) is 0 Å². The molecule has 3 heteroatoms. The van der Waals surface area contributed by atoms with Gasteiger partial charge in [0.15, 0.2) is 0 Å². The zero-order chi connectivity index (χ0) is 8.10. The van der Waals surface area contributed by atoms with Crippen molar-refractivity contribution in [3.63, 3.8) is 0 Å². The Kier molecular flexibility index (Phi) is 4.66. The molecule has 0 spiro atoms. The van der Waals surface area contributed by atoms with Crippen LogP contribution in [0, 0.1) is 0 Å². The summed E-state index contributed by atoms with van der Waals surface area (Å²) in [6.45, 7) is 0. The Balaban J connectivity index is 2.39. The first-order valence-electron chi connectivity index (χ1n) is 3.42. The summed E-state index contributed by atoms with van der Waals surface area (Å²) in [6.07, 6.45) is 2.35. The molecule has 0 radical (unpaired) electrons.